The zero-order valence-corrected chi connectivity index (χ0v) is 12.4. The van der Waals surface area contributed by atoms with Crippen LogP contribution in [0.15, 0.2) is 28.8 Å². The van der Waals surface area contributed by atoms with Crippen LogP contribution >= 0.6 is 23.1 Å². The molecule has 7 heteroatoms. The predicted octanol–water partition coefficient (Wildman–Crippen LogP) is 3.86. The van der Waals surface area contributed by atoms with Crippen molar-refractivity contribution in [3.8, 4) is 22.8 Å². The molecule has 2 heterocycles. The minimum atomic E-state index is 0.463. The summed E-state index contributed by atoms with van der Waals surface area (Å²) in [6, 6.07) is 7.30. The molecule has 0 aliphatic carbocycles. The van der Waals surface area contributed by atoms with Crippen LogP contribution in [0.3, 0.4) is 0 Å². The highest BCUT2D eigenvalue weighted by atomic mass is 35.5. The lowest BCUT2D eigenvalue weighted by molar-refractivity contribution is 0.432. The number of aromatic nitrogens is 3. The molecule has 1 N–H and O–H groups in total. The molecule has 3 rings (SSSR count). The summed E-state index contributed by atoms with van der Waals surface area (Å²) in [6.07, 6.45) is 0. The summed E-state index contributed by atoms with van der Waals surface area (Å²) in [6.45, 7) is 1.92. The summed E-state index contributed by atoms with van der Waals surface area (Å²) >= 11 is 7.24. The SMILES string of the molecule is CNc1snc(C)c1-c1nc(-c2ccc(Cl)cc2)no1. The Morgan fingerprint density at radius 3 is 2.70 bits per heavy atom. The molecular formula is C13H11ClN4OS. The zero-order chi connectivity index (χ0) is 14.1. The van der Waals surface area contributed by atoms with Gasteiger partial charge in [0.1, 0.15) is 5.00 Å². The number of halogens is 1. The maximum atomic E-state index is 5.87. The molecule has 2 aromatic heterocycles. The van der Waals surface area contributed by atoms with Gasteiger partial charge in [-0.15, -0.1) is 0 Å². The van der Waals surface area contributed by atoms with Crippen LogP contribution in [0.2, 0.25) is 5.02 Å². The fourth-order valence-corrected chi connectivity index (χ4v) is 2.70. The zero-order valence-electron chi connectivity index (χ0n) is 10.8. The minimum absolute atomic E-state index is 0.463. The van der Waals surface area contributed by atoms with Crippen LogP contribution in [-0.4, -0.2) is 21.6 Å². The molecular weight excluding hydrogens is 296 g/mol. The Balaban J connectivity index is 2.02. The first-order chi connectivity index (χ1) is 9.69. The van der Waals surface area contributed by atoms with Crippen molar-refractivity contribution in [1.29, 1.82) is 0 Å². The quantitative estimate of drug-likeness (QED) is 0.796. The average Bonchev–Trinajstić information content (AvgIpc) is 3.05. The summed E-state index contributed by atoms with van der Waals surface area (Å²) in [5.74, 6) is 0.995. The van der Waals surface area contributed by atoms with Crippen LogP contribution in [-0.2, 0) is 0 Å². The van der Waals surface area contributed by atoms with Gasteiger partial charge in [-0.3, -0.25) is 0 Å². The highest BCUT2D eigenvalue weighted by molar-refractivity contribution is 7.10. The highest BCUT2D eigenvalue weighted by Crippen LogP contribution is 2.34. The van der Waals surface area contributed by atoms with Gasteiger partial charge in [-0.2, -0.15) is 9.36 Å². The molecule has 102 valence electrons. The van der Waals surface area contributed by atoms with E-state index in [1.807, 2.05) is 26.1 Å². The third kappa shape index (κ3) is 2.28. The molecule has 0 spiro atoms. The molecule has 0 aliphatic heterocycles. The standard InChI is InChI=1S/C13H11ClN4OS/c1-7-10(13(15-2)20-18-7)12-16-11(17-19-12)8-3-5-9(14)6-4-8/h3-6,15H,1-2H3. The fraction of sp³-hybridized carbons (Fsp3) is 0.154. The first kappa shape index (κ1) is 13.1. The molecule has 3 aromatic rings. The lowest BCUT2D eigenvalue weighted by Gasteiger charge is -1.96. The molecule has 0 saturated carbocycles. The van der Waals surface area contributed by atoms with Crippen LogP contribution in [0.25, 0.3) is 22.8 Å². The van der Waals surface area contributed by atoms with Gasteiger partial charge in [0.2, 0.25) is 5.82 Å². The lowest BCUT2D eigenvalue weighted by Crippen LogP contribution is -1.88. The lowest BCUT2D eigenvalue weighted by atomic mass is 10.2. The van der Waals surface area contributed by atoms with Crippen LogP contribution in [0.1, 0.15) is 5.69 Å². The van der Waals surface area contributed by atoms with Gasteiger partial charge in [-0.05, 0) is 42.7 Å². The second kappa shape index (κ2) is 5.22. The van der Waals surface area contributed by atoms with Gasteiger partial charge in [-0.25, -0.2) is 0 Å². The number of aryl methyl sites for hydroxylation is 1. The Morgan fingerprint density at radius 1 is 1.25 bits per heavy atom. The number of nitrogens with one attached hydrogen (secondary N) is 1. The normalized spacial score (nSPS) is 10.8. The smallest absolute Gasteiger partial charge is 0.263 e. The van der Waals surface area contributed by atoms with E-state index in [1.54, 1.807) is 12.1 Å². The number of nitrogens with zero attached hydrogens (tertiary/aromatic N) is 3. The molecule has 0 saturated heterocycles. The third-order valence-corrected chi connectivity index (χ3v) is 4.04. The van der Waals surface area contributed by atoms with Gasteiger partial charge < -0.3 is 9.84 Å². The minimum Gasteiger partial charge on any atom is -0.378 e. The molecule has 0 bridgehead atoms. The van der Waals surface area contributed by atoms with Crippen molar-refractivity contribution in [2.75, 3.05) is 12.4 Å². The van der Waals surface area contributed by atoms with Crippen molar-refractivity contribution in [2.24, 2.45) is 0 Å². The van der Waals surface area contributed by atoms with Gasteiger partial charge in [-0.1, -0.05) is 16.8 Å². The van der Waals surface area contributed by atoms with E-state index in [9.17, 15) is 0 Å². The molecule has 0 amide bonds. The molecule has 0 atom stereocenters. The van der Waals surface area contributed by atoms with Crippen molar-refractivity contribution in [3.63, 3.8) is 0 Å². The largest absolute Gasteiger partial charge is 0.378 e. The predicted molar refractivity (Wildman–Crippen MR) is 80.1 cm³/mol. The van der Waals surface area contributed by atoms with Crippen molar-refractivity contribution in [1.82, 2.24) is 14.5 Å². The van der Waals surface area contributed by atoms with E-state index in [0.29, 0.717) is 16.7 Å². The summed E-state index contributed by atoms with van der Waals surface area (Å²) in [5.41, 5.74) is 2.58. The number of hydrogen-bond acceptors (Lipinski definition) is 6. The molecule has 0 unspecified atom stereocenters. The number of benzene rings is 1. The van der Waals surface area contributed by atoms with Crippen LogP contribution in [0, 0.1) is 6.92 Å². The Morgan fingerprint density at radius 2 is 2.00 bits per heavy atom. The molecule has 20 heavy (non-hydrogen) atoms. The first-order valence-corrected chi connectivity index (χ1v) is 7.08. The Bertz CT molecular complexity index is 735. The highest BCUT2D eigenvalue weighted by Gasteiger charge is 2.18. The third-order valence-electron chi connectivity index (χ3n) is 2.83. The fourth-order valence-electron chi connectivity index (χ4n) is 1.83. The molecule has 0 aliphatic rings. The van der Waals surface area contributed by atoms with Crippen molar-refractivity contribution >= 4 is 28.1 Å². The summed E-state index contributed by atoms with van der Waals surface area (Å²) < 4.78 is 9.64. The second-order valence-corrected chi connectivity index (χ2v) is 5.36. The Hall–Kier alpha value is -1.92. The van der Waals surface area contributed by atoms with Gasteiger partial charge >= 0.3 is 0 Å². The summed E-state index contributed by atoms with van der Waals surface area (Å²) in [7, 11) is 1.84. The van der Waals surface area contributed by atoms with E-state index in [4.69, 9.17) is 16.1 Å². The maximum Gasteiger partial charge on any atom is 0.263 e. The second-order valence-electron chi connectivity index (χ2n) is 4.15. The van der Waals surface area contributed by atoms with Crippen molar-refractivity contribution in [3.05, 3.63) is 35.0 Å². The van der Waals surface area contributed by atoms with E-state index in [0.717, 1.165) is 21.8 Å². The molecule has 5 nitrogen and oxygen atoms in total. The van der Waals surface area contributed by atoms with E-state index >= 15 is 0 Å². The van der Waals surface area contributed by atoms with Crippen LogP contribution in [0.4, 0.5) is 5.00 Å². The summed E-state index contributed by atoms with van der Waals surface area (Å²) in [4.78, 5) is 4.43. The van der Waals surface area contributed by atoms with E-state index < -0.39 is 0 Å². The van der Waals surface area contributed by atoms with E-state index in [1.165, 1.54) is 11.5 Å². The monoisotopic (exact) mass is 306 g/mol. The van der Waals surface area contributed by atoms with Crippen molar-refractivity contribution < 1.29 is 4.52 Å². The van der Waals surface area contributed by atoms with Gasteiger partial charge in [0, 0.05) is 17.6 Å². The molecule has 0 fully saturated rings. The molecule has 1 aromatic carbocycles. The van der Waals surface area contributed by atoms with E-state index in [2.05, 4.69) is 19.8 Å². The Labute approximate surface area is 124 Å². The number of anilines is 1. The van der Waals surface area contributed by atoms with E-state index in [-0.39, 0.29) is 0 Å². The molecule has 0 radical (unpaired) electrons. The van der Waals surface area contributed by atoms with Gasteiger partial charge in [0.05, 0.1) is 11.3 Å². The number of hydrogen-bond donors (Lipinski definition) is 1. The van der Waals surface area contributed by atoms with Crippen LogP contribution in [0.5, 0.6) is 0 Å². The maximum absolute atomic E-state index is 5.87. The van der Waals surface area contributed by atoms with Gasteiger partial charge in [0.15, 0.2) is 0 Å². The topological polar surface area (TPSA) is 63.8 Å². The van der Waals surface area contributed by atoms with Crippen LogP contribution < -0.4 is 5.32 Å². The number of rotatable bonds is 3. The first-order valence-electron chi connectivity index (χ1n) is 5.93. The average molecular weight is 307 g/mol. The summed E-state index contributed by atoms with van der Waals surface area (Å²) in [5, 5.41) is 8.68. The Kier molecular flexibility index (Phi) is 3.42. The van der Waals surface area contributed by atoms with Crippen molar-refractivity contribution in [2.45, 2.75) is 6.92 Å². The van der Waals surface area contributed by atoms with Gasteiger partial charge in [0.25, 0.3) is 5.89 Å².